The van der Waals surface area contributed by atoms with Gasteiger partial charge in [-0.3, -0.25) is 9.78 Å². The largest absolute Gasteiger partial charge is 0.317 e. The second-order valence-electron chi connectivity index (χ2n) is 5.80. The number of halogens is 2. The molecule has 0 unspecified atom stereocenters. The van der Waals surface area contributed by atoms with Crippen LogP contribution in [0.3, 0.4) is 0 Å². The molecule has 0 aliphatic carbocycles. The molecule has 0 spiro atoms. The predicted octanol–water partition coefficient (Wildman–Crippen LogP) is 3.90. The van der Waals surface area contributed by atoms with Gasteiger partial charge in [-0.15, -0.1) is 0 Å². The van der Waals surface area contributed by atoms with Gasteiger partial charge in [-0.25, -0.2) is 14.6 Å². The second-order valence-corrected chi connectivity index (χ2v) is 6.68. The number of pyridine rings is 2. The average molecular weight is 398 g/mol. The molecule has 1 N–H and O–H groups in total. The summed E-state index contributed by atoms with van der Waals surface area (Å²) in [5.74, 6) is 0.384. The smallest absolute Gasteiger partial charge is 0.281 e. The topological polar surface area (TPSA) is 72.7 Å². The molecule has 0 fully saturated rings. The van der Waals surface area contributed by atoms with Crippen molar-refractivity contribution in [2.75, 3.05) is 5.43 Å². The van der Waals surface area contributed by atoms with E-state index in [1.807, 2.05) is 12.1 Å². The Morgan fingerprint density at radius 2 is 1.85 bits per heavy atom. The summed E-state index contributed by atoms with van der Waals surface area (Å²) in [4.78, 5) is 25.9. The summed E-state index contributed by atoms with van der Waals surface area (Å²) in [7, 11) is 0. The maximum Gasteiger partial charge on any atom is 0.281 e. The first-order valence-corrected chi connectivity index (χ1v) is 8.84. The van der Waals surface area contributed by atoms with Gasteiger partial charge in [0.15, 0.2) is 11.5 Å². The van der Waals surface area contributed by atoms with E-state index in [0.717, 1.165) is 5.56 Å². The summed E-state index contributed by atoms with van der Waals surface area (Å²) in [5, 5.41) is 1.52. The van der Waals surface area contributed by atoms with E-state index in [1.54, 1.807) is 42.7 Å². The lowest BCUT2D eigenvalue weighted by Gasteiger charge is -2.15. The Kier molecular flexibility index (Phi) is 4.75. The lowest BCUT2D eigenvalue weighted by Crippen LogP contribution is -2.31. The van der Waals surface area contributed by atoms with Crippen LogP contribution in [0.15, 0.2) is 65.8 Å². The van der Waals surface area contributed by atoms with Gasteiger partial charge in [0.05, 0.1) is 17.0 Å². The van der Waals surface area contributed by atoms with Crippen molar-refractivity contribution in [1.82, 2.24) is 19.6 Å². The maximum absolute atomic E-state index is 13.0. The molecule has 0 bridgehead atoms. The molecule has 1 aromatic carbocycles. The molecule has 4 aromatic rings. The summed E-state index contributed by atoms with van der Waals surface area (Å²) in [5.41, 5.74) is 4.81. The zero-order valence-electron chi connectivity index (χ0n) is 13.9. The normalized spacial score (nSPS) is 10.9. The molecule has 0 amide bonds. The minimum atomic E-state index is -0.253. The van der Waals surface area contributed by atoms with Gasteiger partial charge in [0.25, 0.3) is 5.56 Å². The molecule has 134 valence electrons. The average Bonchev–Trinajstić information content (AvgIpc) is 2.68. The van der Waals surface area contributed by atoms with Crippen LogP contribution in [0.25, 0.3) is 22.4 Å². The third kappa shape index (κ3) is 3.63. The molecular formula is C19H13Cl2N5O. The van der Waals surface area contributed by atoms with Crippen LogP contribution < -0.4 is 11.0 Å². The zero-order chi connectivity index (χ0) is 18.8. The van der Waals surface area contributed by atoms with Crippen molar-refractivity contribution in [2.45, 2.75) is 6.54 Å². The fourth-order valence-corrected chi connectivity index (χ4v) is 2.97. The molecule has 3 aromatic heterocycles. The van der Waals surface area contributed by atoms with Crippen molar-refractivity contribution >= 4 is 34.2 Å². The van der Waals surface area contributed by atoms with Crippen LogP contribution in [-0.4, -0.2) is 19.6 Å². The number of nitrogens with zero attached hydrogens (tertiary/aromatic N) is 4. The summed E-state index contributed by atoms with van der Waals surface area (Å²) in [6.07, 6.45) is 4.72. The number of fused-ring (bicyclic) bond motifs is 1. The lowest BCUT2D eigenvalue weighted by atomic mass is 10.2. The minimum Gasteiger partial charge on any atom is -0.317 e. The van der Waals surface area contributed by atoms with Gasteiger partial charge in [0.2, 0.25) is 0 Å². The molecule has 4 rings (SSSR count). The molecule has 27 heavy (non-hydrogen) atoms. The lowest BCUT2D eigenvalue weighted by molar-refractivity contribution is 0.799. The first-order valence-electron chi connectivity index (χ1n) is 8.09. The fourth-order valence-electron chi connectivity index (χ4n) is 2.67. The Hall–Kier alpha value is -2.96. The molecule has 3 heterocycles. The number of hydrogen-bond donors (Lipinski definition) is 1. The summed E-state index contributed by atoms with van der Waals surface area (Å²) in [6.45, 7) is 0.408. The van der Waals surface area contributed by atoms with Gasteiger partial charge in [-0.2, -0.15) is 0 Å². The van der Waals surface area contributed by atoms with Gasteiger partial charge in [-0.1, -0.05) is 35.3 Å². The van der Waals surface area contributed by atoms with Crippen molar-refractivity contribution < 1.29 is 0 Å². The molecule has 0 radical (unpaired) electrons. The van der Waals surface area contributed by atoms with Gasteiger partial charge in [0, 0.05) is 29.2 Å². The Morgan fingerprint density at radius 1 is 1.04 bits per heavy atom. The van der Waals surface area contributed by atoms with E-state index in [2.05, 4.69) is 20.4 Å². The first kappa shape index (κ1) is 17.5. The molecule has 0 aliphatic heterocycles. The van der Waals surface area contributed by atoms with Crippen molar-refractivity contribution in [3.8, 4) is 11.4 Å². The fraction of sp³-hybridized carbons (Fsp3) is 0.0526. The van der Waals surface area contributed by atoms with Crippen LogP contribution >= 0.6 is 23.2 Å². The van der Waals surface area contributed by atoms with Crippen LogP contribution in [-0.2, 0) is 6.54 Å². The highest BCUT2D eigenvalue weighted by Crippen LogP contribution is 2.20. The predicted molar refractivity (Wildman–Crippen MR) is 107 cm³/mol. The molecule has 0 atom stereocenters. The highest BCUT2D eigenvalue weighted by molar-refractivity contribution is 6.30. The van der Waals surface area contributed by atoms with E-state index in [0.29, 0.717) is 39.0 Å². The van der Waals surface area contributed by atoms with Gasteiger partial charge in [0.1, 0.15) is 0 Å². The number of nitrogens with one attached hydrogen (secondary N) is 1. The number of benzene rings is 1. The Morgan fingerprint density at radius 3 is 2.63 bits per heavy atom. The molecule has 6 nitrogen and oxygen atoms in total. The highest BCUT2D eigenvalue weighted by atomic mass is 35.5. The van der Waals surface area contributed by atoms with Crippen LogP contribution in [0.2, 0.25) is 10.0 Å². The van der Waals surface area contributed by atoms with E-state index < -0.39 is 0 Å². The zero-order valence-corrected chi connectivity index (χ0v) is 15.4. The van der Waals surface area contributed by atoms with Gasteiger partial charge >= 0.3 is 0 Å². The van der Waals surface area contributed by atoms with E-state index in [1.165, 1.54) is 10.9 Å². The van der Waals surface area contributed by atoms with Crippen molar-refractivity contribution in [3.63, 3.8) is 0 Å². The van der Waals surface area contributed by atoms with Crippen LogP contribution in [0, 0.1) is 0 Å². The number of hydrogen-bond acceptors (Lipinski definition) is 5. The summed E-state index contributed by atoms with van der Waals surface area (Å²) < 4.78 is 1.39. The first-order chi connectivity index (χ1) is 13.1. The van der Waals surface area contributed by atoms with Crippen LogP contribution in [0.1, 0.15) is 5.56 Å². The quantitative estimate of drug-likeness (QED) is 0.565. The van der Waals surface area contributed by atoms with Crippen molar-refractivity contribution in [1.29, 1.82) is 0 Å². The van der Waals surface area contributed by atoms with E-state index in [9.17, 15) is 4.79 Å². The van der Waals surface area contributed by atoms with Gasteiger partial charge in [-0.05, 0) is 35.9 Å². The monoisotopic (exact) mass is 397 g/mol. The number of aromatic nitrogens is 4. The van der Waals surface area contributed by atoms with Crippen LogP contribution in [0.5, 0.6) is 0 Å². The maximum atomic E-state index is 13.0. The van der Waals surface area contributed by atoms with E-state index >= 15 is 0 Å². The molecule has 0 aliphatic rings. The molecule has 0 saturated heterocycles. The van der Waals surface area contributed by atoms with E-state index in [-0.39, 0.29) is 5.56 Å². The SMILES string of the molecule is O=c1c2cccnc2nc(-c2cncc(Cl)c2)n1NCc1ccc(Cl)cc1. The summed E-state index contributed by atoms with van der Waals surface area (Å²) >= 11 is 12.0. The van der Waals surface area contributed by atoms with Crippen LogP contribution in [0.4, 0.5) is 0 Å². The highest BCUT2D eigenvalue weighted by Gasteiger charge is 2.14. The summed E-state index contributed by atoms with van der Waals surface area (Å²) in [6, 6.07) is 12.5. The van der Waals surface area contributed by atoms with Gasteiger partial charge < -0.3 is 5.43 Å². The Balaban J connectivity index is 1.83. The Labute approximate surface area is 164 Å². The second kappa shape index (κ2) is 7.34. The third-order valence-electron chi connectivity index (χ3n) is 3.96. The molecular weight excluding hydrogens is 385 g/mol. The molecule has 8 heteroatoms. The molecule has 0 saturated carbocycles. The minimum absolute atomic E-state index is 0.253. The van der Waals surface area contributed by atoms with Crippen molar-refractivity contribution in [3.05, 3.63) is 87.0 Å². The third-order valence-corrected chi connectivity index (χ3v) is 4.42. The van der Waals surface area contributed by atoms with E-state index in [4.69, 9.17) is 23.2 Å². The Bertz CT molecular complexity index is 1170. The van der Waals surface area contributed by atoms with Crippen molar-refractivity contribution in [2.24, 2.45) is 0 Å². The standard InChI is InChI=1S/C19H13Cl2N5O/c20-14-5-3-12(4-6-14)9-24-26-18(13-8-15(21)11-22-10-13)25-17-16(19(26)27)2-1-7-23-17/h1-8,10-11,24H,9H2. The number of rotatable bonds is 4.